The molecule has 0 radical (unpaired) electrons. The summed E-state index contributed by atoms with van der Waals surface area (Å²) in [5.41, 5.74) is 0. The fraction of sp³-hybridized carbons (Fsp3) is 1.00. The first kappa shape index (κ1) is 23.2. The van der Waals surface area contributed by atoms with E-state index < -0.39 is 60.3 Å². The molecule has 1 heterocycles. The van der Waals surface area contributed by atoms with Crippen LogP contribution in [0.25, 0.3) is 0 Å². The molecule has 0 bridgehead atoms. The van der Waals surface area contributed by atoms with E-state index >= 15 is 0 Å². The van der Waals surface area contributed by atoms with Gasteiger partial charge in [0, 0.05) is 0 Å². The van der Waals surface area contributed by atoms with Gasteiger partial charge in [-0.25, -0.2) is 13.7 Å². The van der Waals surface area contributed by atoms with E-state index in [1.54, 1.807) is 0 Å². The van der Waals surface area contributed by atoms with Gasteiger partial charge in [-0.3, -0.25) is 13.6 Å². The number of aliphatic hydroxyl groups excluding tert-OH is 1. The van der Waals surface area contributed by atoms with Gasteiger partial charge in [0.05, 0.1) is 6.61 Å². The van der Waals surface area contributed by atoms with Crippen LogP contribution in [-0.4, -0.2) is 76.4 Å². The standard InChI is InChI=1S/C7H17O15P3/c1-7(9)6(22-25(16,17)18)5(21-24(13,14)15)4(3(2-8)19-7)20-23(10,11)12/h3-6,8-9H,2H2,1H3,(H2,10,11,12)(H2,13,14,15)(H2,16,17,18)/t3-,4-,5+,6+,7+/m1/s1. The summed E-state index contributed by atoms with van der Waals surface area (Å²) in [6.45, 7) is -0.329. The highest BCUT2D eigenvalue weighted by Gasteiger charge is 2.58. The molecular formula is C7H17O15P3. The van der Waals surface area contributed by atoms with E-state index in [0.717, 1.165) is 6.92 Å². The summed E-state index contributed by atoms with van der Waals surface area (Å²) in [6.07, 6.45) is -8.73. The average molecular weight is 434 g/mol. The van der Waals surface area contributed by atoms with Gasteiger partial charge in [-0.05, 0) is 6.92 Å². The molecule has 1 aliphatic rings. The van der Waals surface area contributed by atoms with Gasteiger partial charge in [0.1, 0.15) is 18.3 Å². The lowest BCUT2D eigenvalue weighted by atomic mass is 9.94. The molecule has 0 aromatic rings. The minimum atomic E-state index is -5.45. The lowest BCUT2D eigenvalue weighted by Gasteiger charge is -2.47. The molecule has 0 spiro atoms. The molecule has 1 saturated heterocycles. The minimum Gasteiger partial charge on any atom is -0.394 e. The predicted octanol–water partition coefficient (Wildman–Crippen LogP) is -2.48. The van der Waals surface area contributed by atoms with Crippen molar-refractivity contribution >= 4 is 23.5 Å². The van der Waals surface area contributed by atoms with Gasteiger partial charge in [0.2, 0.25) is 0 Å². The maximum Gasteiger partial charge on any atom is 0.470 e. The van der Waals surface area contributed by atoms with Gasteiger partial charge in [0.25, 0.3) is 0 Å². The molecule has 1 rings (SSSR count). The number of ether oxygens (including phenoxy) is 1. The molecule has 1 aliphatic heterocycles. The quantitative estimate of drug-likeness (QED) is 0.193. The summed E-state index contributed by atoms with van der Waals surface area (Å²) in [5.74, 6) is -2.71. The van der Waals surface area contributed by atoms with E-state index in [9.17, 15) is 23.9 Å². The van der Waals surface area contributed by atoms with E-state index in [2.05, 4.69) is 13.6 Å². The van der Waals surface area contributed by atoms with Crippen LogP contribution in [0.15, 0.2) is 0 Å². The fourth-order valence-electron chi connectivity index (χ4n) is 2.14. The number of aliphatic hydroxyl groups is 2. The highest BCUT2D eigenvalue weighted by atomic mass is 31.2. The summed E-state index contributed by atoms with van der Waals surface area (Å²) < 4.78 is 50.7. The molecule has 1 fully saturated rings. The topological polar surface area (TPSA) is 250 Å². The molecular weight excluding hydrogens is 417 g/mol. The van der Waals surface area contributed by atoms with Gasteiger partial charge in [-0.15, -0.1) is 0 Å². The van der Waals surface area contributed by atoms with Crippen molar-refractivity contribution in [2.24, 2.45) is 0 Å². The molecule has 0 saturated carbocycles. The van der Waals surface area contributed by atoms with Crippen molar-refractivity contribution in [3.63, 3.8) is 0 Å². The monoisotopic (exact) mass is 434 g/mol. The van der Waals surface area contributed by atoms with Gasteiger partial charge < -0.3 is 44.3 Å². The van der Waals surface area contributed by atoms with Gasteiger partial charge in [-0.1, -0.05) is 0 Å². The molecule has 18 heteroatoms. The highest BCUT2D eigenvalue weighted by Crippen LogP contribution is 2.51. The minimum absolute atomic E-state index is 0.750. The van der Waals surface area contributed by atoms with Crippen LogP contribution < -0.4 is 0 Å². The lowest BCUT2D eigenvalue weighted by Crippen LogP contribution is -2.65. The third-order valence-electron chi connectivity index (χ3n) is 2.86. The maximum absolute atomic E-state index is 11.1. The zero-order chi connectivity index (χ0) is 19.8. The van der Waals surface area contributed by atoms with Crippen LogP contribution in [0.5, 0.6) is 0 Å². The van der Waals surface area contributed by atoms with Crippen molar-refractivity contribution in [1.29, 1.82) is 0 Å². The lowest BCUT2D eigenvalue weighted by molar-refractivity contribution is -0.332. The van der Waals surface area contributed by atoms with Crippen molar-refractivity contribution in [3.8, 4) is 0 Å². The van der Waals surface area contributed by atoms with Crippen LogP contribution in [0.1, 0.15) is 6.92 Å². The molecule has 25 heavy (non-hydrogen) atoms. The molecule has 0 aromatic heterocycles. The van der Waals surface area contributed by atoms with Crippen molar-refractivity contribution < 1.29 is 71.6 Å². The second-order valence-electron chi connectivity index (χ2n) is 5.03. The molecule has 0 aromatic carbocycles. The second kappa shape index (κ2) is 7.68. The fourth-order valence-corrected chi connectivity index (χ4v) is 3.87. The van der Waals surface area contributed by atoms with Crippen LogP contribution in [0.2, 0.25) is 0 Å². The van der Waals surface area contributed by atoms with E-state index in [-0.39, 0.29) is 0 Å². The first-order valence-corrected chi connectivity index (χ1v) is 10.8. The Bertz CT molecular complexity index is 600. The molecule has 8 N–H and O–H groups in total. The number of phosphoric ester groups is 3. The SMILES string of the molecule is C[C@]1(O)O[C@H](CO)[C@@H](OP(=O)(O)O)[C@H](OP(=O)(O)O)[C@@H]1OP(=O)(O)O. The summed E-state index contributed by atoms with van der Waals surface area (Å²) in [5, 5.41) is 19.3. The molecule has 0 unspecified atom stereocenters. The largest absolute Gasteiger partial charge is 0.470 e. The van der Waals surface area contributed by atoms with Crippen LogP contribution in [0, 0.1) is 0 Å². The number of rotatable bonds is 7. The Hall–Kier alpha value is 0.210. The van der Waals surface area contributed by atoms with Gasteiger partial charge >= 0.3 is 23.5 Å². The first-order valence-electron chi connectivity index (χ1n) is 6.18. The summed E-state index contributed by atoms with van der Waals surface area (Å²) in [6, 6.07) is 0. The zero-order valence-corrected chi connectivity index (χ0v) is 15.0. The van der Waals surface area contributed by atoms with Gasteiger partial charge in [-0.2, -0.15) is 0 Å². The van der Waals surface area contributed by atoms with Crippen molar-refractivity contribution in [3.05, 3.63) is 0 Å². The Kier molecular flexibility index (Phi) is 7.14. The Balaban J connectivity index is 3.40. The van der Waals surface area contributed by atoms with E-state index in [0.29, 0.717) is 0 Å². The third kappa shape index (κ3) is 7.39. The van der Waals surface area contributed by atoms with Crippen molar-refractivity contribution in [2.75, 3.05) is 6.61 Å². The zero-order valence-electron chi connectivity index (χ0n) is 12.3. The van der Waals surface area contributed by atoms with Crippen LogP contribution in [0.4, 0.5) is 0 Å². The summed E-state index contributed by atoms with van der Waals surface area (Å²) >= 11 is 0. The van der Waals surface area contributed by atoms with Crippen LogP contribution in [-0.2, 0) is 32.0 Å². The van der Waals surface area contributed by atoms with Crippen LogP contribution >= 0.6 is 23.5 Å². The van der Waals surface area contributed by atoms with E-state index in [4.69, 9.17) is 34.1 Å². The predicted molar refractivity (Wildman–Crippen MR) is 73.3 cm³/mol. The van der Waals surface area contributed by atoms with Gasteiger partial charge in [0.15, 0.2) is 11.9 Å². The van der Waals surface area contributed by atoms with Crippen molar-refractivity contribution in [2.45, 2.75) is 37.1 Å². The summed E-state index contributed by atoms with van der Waals surface area (Å²) in [7, 11) is -16.2. The number of phosphoric acid groups is 3. The highest BCUT2D eigenvalue weighted by molar-refractivity contribution is 7.47. The molecule has 0 amide bonds. The smallest absolute Gasteiger partial charge is 0.394 e. The molecule has 150 valence electrons. The van der Waals surface area contributed by atoms with Crippen molar-refractivity contribution in [1.82, 2.24) is 0 Å². The first-order chi connectivity index (χ1) is 11.0. The Morgan fingerprint density at radius 2 is 1.28 bits per heavy atom. The Morgan fingerprint density at radius 3 is 1.64 bits per heavy atom. The molecule has 5 atom stereocenters. The average Bonchev–Trinajstić information content (AvgIpc) is 2.33. The van der Waals surface area contributed by atoms with Crippen LogP contribution in [0.3, 0.4) is 0 Å². The Morgan fingerprint density at radius 1 is 0.880 bits per heavy atom. The molecule has 15 nitrogen and oxygen atoms in total. The van der Waals surface area contributed by atoms with E-state index in [1.807, 2.05) is 0 Å². The molecule has 0 aliphatic carbocycles. The number of hydrogen-bond donors (Lipinski definition) is 8. The maximum atomic E-state index is 11.1. The van der Waals surface area contributed by atoms with E-state index in [1.165, 1.54) is 0 Å². The second-order valence-corrected chi connectivity index (χ2v) is 8.61. The Labute approximate surface area is 139 Å². The summed E-state index contributed by atoms with van der Waals surface area (Å²) in [4.78, 5) is 53.4. The number of hydrogen-bond acceptors (Lipinski definition) is 9. The third-order valence-corrected chi connectivity index (χ3v) is 4.39. The normalized spacial score (nSPS) is 34.9.